The second-order valence-electron chi connectivity index (χ2n) is 3.89. The average Bonchev–Trinajstić information content (AvgIpc) is 2.41. The van der Waals surface area contributed by atoms with Crippen molar-refractivity contribution in [1.29, 1.82) is 0 Å². The molecule has 0 aliphatic heterocycles. The van der Waals surface area contributed by atoms with Gasteiger partial charge in [-0.3, -0.25) is 0 Å². The summed E-state index contributed by atoms with van der Waals surface area (Å²) in [5.41, 5.74) is 1.20. The maximum atomic E-state index is 3.03. The van der Waals surface area contributed by atoms with Gasteiger partial charge in [-0.15, -0.1) is 0 Å². The lowest BCUT2D eigenvalue weighted by molar-refractivity contribution is 1.46. The molecule has 0 saturated carbocycles. The molecule has 1 radical (unpaired) electrons. The van der Waals surface area contributed by atoms with E-state index < -0.39 is 0 Å². The Bertz CT molecular complexity index is 502. The van der Waals surface area contributed by atoms with Crippen molar-refractivity contribution < 1.29 is 0 Å². The molecule has 0 spiro atoms. The third-order valence-corrected chi connectivity index (χ3v) is 2.52. The lowest BCUT2D eigenvalue weighted by atomic mass is 10.1. The Morgan fingerprint density at radius 1 is 0.647 bits per heavy atom. The van der Waals surface area contributed by atoms with Crippen LogP contribution in [-0.4, -0.2) is 0 Å². The molecule has 0 bridgehead atoms. The van der Waals surface area contributed by atoms with Gasteiger partial charge in [-0.2, -0.15) is 0 Å². The second kappa shape index (κ2) is 5.86. The Morgan fingerprint density at radius 2 is 1.12 bits per heavy atom. The standard InChI is InChI=1S/C10H8.C7H7/c1-2-6-10-8-4-3-7-9(10)5-1;1-7-5-3-2-4-6-7/h1-8H;2-5H,1H3. The van der Waals surface area contributed by atoms with Crippen LogP contribution in [0.3, 0.4) is 0 Å². The van der Waals surface area contributed by atoms with Crippen molar-refractivity contribution in [3.63, 3.8) is 0 Å². The highest BCUT2D eigenvalue weighted by molar-refractivity contribution is 5.81. The summed E-state index contributed by atoms with van der Waals surface area (Å²) >= 11 is 0. The Balaban J connectivity index is 0.000000136. The van der Waals surface area contributed by atoms with Crippen molar-refractivity contribution in [2.24, 2.45) is 0 Å². The van der Waals surface area contributed by atoms with E-state index in [0.717, 1.165) is 0 Å². The molecule has 83 valence electrons. The first kappa shape index (κ1) is 11.4. The summed E-state index contributed by atoms with van der Waals surface area (Å²) in [6.45, 7) is 2.03. The Hall–Kier alpha value is -2.08. The van der Waals surface area contributed by atoms with Gasteiger partial charge in [-0.25, -0.2) is 0 Å². The van der Waals surface area contributed by atoms with Gasteiger partial charge < -0.3 is 0 Å². The monoisotopic (exact) mass is 219 g/mol. The summed E-state index contributed by atoms with van der Waals surface area (Å²) < 4.78 is 0. The number of rotatable bonds is 0. The molecule has 3 aromatic rings. The first-order valence-corrected chi connectivity index (χ1v) is 5.73. The quantitative estimate of drug-likeness (QED) is 0.517. The van der Waals surface area contributed by atoms with E-state index >= 15 is 0 Å². The average molecular weight is 219 g/mol. The molecule has 17 heavy (non-hydrogen) atoms. The minimum atomic E-state index is 1.20. The van der Waals surface area contributed by atoms with Gasteiger partial charge in [0.25, 0.3) is 0 Å². The fourth-order valence-corrected chi connectivity index (χ4v) is 1.62. The summed E-state index contributed by atoms with van der Waals surface area (Å²) in [7, 11) is 0. The van der Waals surface area contributed by atoms with Crippen LogP contribution in [0.4, 0.5) is 0 Å². The molecule has 3 aromatic carbocycles. The highest BCUT2D eigenvalue weighted by atomic mass is 13.9. The predicted molar refractivity (Wildman–Crippen MR) is 74.0 cm³/mol. The molecular weight excluding hydrogens is 204 g/mol. The Morgan fingerprint density at radius 3 is 1.41 bits per heavy atom. The molecule has 3 rings (SSSR count). The number of benzene rings is 3. The van der Waals surface area contributed by atoms with Crippen molar-refractivity contribution in [3.05, 3.63) is 84.4 Å². The zero-order valence-electron chi connectivity index (χ0n) is 9.93. The van der Waals surface area contributed by atoms with Crippen molar-refractivity contribution in [1.82, 2.24) is 0 Å². The van der Waals surface area contributed by atoms with Crippen LogP contribution in [0.5, 0.6) is 0 Å². The number of hydrogen-bond donors (Lipinski definition) is 0. The molecular formula is C17H15. The molecule has 0 saturated heterocycles. The van der Waals surface area contributed by atoms with E-state index in [9.17, 15) is 0 Å². The summed E-state index contributed by atoms with van der Waals surface area (Å²) in [6, 6.07) is 27.7. The Labute approximate surface area is 103 Å². The van der Waals surface area contributed by atoms with Gasteiger partial charge in [-0.1, -0.05) is 72.8 Å². The molecule has 0 atom stereocenters. The topological polar surface area (TPSA) is 0 Å². The summed E-state index contributed by atoms with van der Waals surface area (Å²) in [4.78, 5) is 0. The van der Waals surface area contributed by atoms with E-state index in [2.05, 4.69) is 54.6 Å². The van der Waals surface area contributed by atoms with Crippen LogP contribution in [0.2, 0.25) is 0 Å². The molecule has 0 aliphatic carbocycles. The molecule has 0 nitrogen and oxygen atoms in total. The molecule has 0 heterocycles. The molecule has 0 N–H and O–H groups in total. The third kappa shape index (κ3) is 3.46. The van der Waals surface area contributed by atoms with E-state index in [0.29, 0.717) is 0 Å². The third-order valence-electron chi connectivity index (χ3n) is 2.52. The fraction of sp³-hybridized carbons (Fsp3) is 0.0588. The van der Waals surface area contributed by atoms with Crippen molar-refractivity contribution >= 4 is 10.8 Å². The number of fused-ring (bicyclic) bond motifs is 1. The predicted octanol–water partition coefficient (Wildman–Crippen LogP) is 4.64. The molecule has 0 heteroatoms. The first-order chi connectivity index (χ1) is 8.36. The van der Waals surface area contributed by atoms with Gasteiger partial charge in [0.15, 0.2) is 0 Å². The molecule has 0 unspecified atom stereocenters. The molecule has 0 aromatic heterocycles. The van der Waals surface area contributed by atoms with Gasteiger partial charge in [0, 0.05) is 0 Å². The van der Waals surface area contributed by atoms with E-state index in [1.54, 1.807) is 0 Å². The number of hydrogen-bond acceptors (Lipinski definition) is 0. The van der Waals surface area contributed by atoms with E-state index in [1.807, 2.05) is 31.2 Å². The van der Waals surface area contributed by atoms with E-state index in [1.165, 1.54) is 16.3 Å². The second-order valence-corrected chi connectivity index (χ2v) is 3.89. The van der Waals surface area contributed by atoms with Crippen molar-refractivity contribution in [2.75, 3.05) is 0 Å². The van der Waals surface area contributed by atoms with Crippen LogP contribution in [0.1, 0.15) is 5.56 Å². The highest BCUT2D eigenvalue weighted by Gasteiger charge is 1.85. The van der Waals surface area contributed by atoms with Crippen LogP contribution in [0.15, 0.2) is 72.8 Å². The van der Waals surface area contributed by atoms with E-state index in [4.69, 9.17) is 0 Å². The van der Waals surface area contributed by atoms with Gasteiger partial charge in [-0.05, 0) is 29.3 Å². The minimum Gasteiger partial charge on any atom is -0.0620 e. The molecule has 0 aliphatic rings. The van der Waals surface area contributed by atoms with Gasteiger partial charge in [0.05, 0.1) is 0 Å². The smallest absolute Gasteiger partial charge is 0.0152 e. The first-order valence-electron chi connectivity index (χ1n) is 5.73. The van der Waals surface area contributed by atoms with Gasteiger partial charge in [0.1, 0.15) is 0 Å². The summed E-state index contributed by atoms with van der Waals surface area (Å²) in [5, 5.41) is 2.62. The zero-order valence-corrected chi connectivity index (χ0v) is 9.93. The molecule has 0 amide bonds. The number of aryl methyl sites for hydroxylation is 1. The van der Waals surface area contributed by atoms with Crippen molar-refractivity contribution in [3.8, 4) is 0 Å². The lowest BCUT2D eigenvalue weighted by Crippen LogP contribution is -1.67. The normalized spacial score (nSPS) is 9.47. The van der Waals surface area contributed by atoms with Crippen LogP contribution < -0.4 is 0 Å². The molecule has 0 fully saturated rings. The van der Waals surface area contributed by atoms with Crippen LogP contribution >= 0.6 is 0 Å². The SMILES string of the molecule is Cc1[c]cccc1.c1ccc2ccccc2c1. The van der Waals surface area contributed by atoms with E-state index in [-0.39, 0.29) is 0 Å². The zero-order chi connectivity index (χ0) is 11.9. The van der Waals surface area contributed by atoms with Crippen LogP contribution in [-0.2, 0) is 0 Å². The maximum Gasteiger partial charge on any atom is -0.0152 e. The van der Waals surface area contributed by atoms with Crippen LogP contribution in [0.25, 0.3) is 10.8 Å². The maximum absolute atomic E-state index is 3.03. The van der Waals surface area contributed by atoms with Gasteiger partial charge in [0.2, 0.25) is 0 Å². The summed E-state index contributed by atoms with van der Waals surface area (Å²) in [5.74, 6) is 0. The Kier molecular flexibility index (Phi) is 3.93. The highest BCUT2D eigenvalue weighted by Crippen LogP contribution is 2.11. The van der Waals surface area contributed by atoms with Gasteiger partial charge >= 0.3 is 0 Å². The largest absolute Gasteiger partial charge is 0.0620 e. The minimum absolute atomic E-state index is 1.20. The summed E-state index contributed by atoms with van der Waals surface area (Å²) in [6.07, 6.45) is 0. The lowest BCUT2D eigenvalue weighted by Gasteiger charge is -1.92. The fourth-order valence-electron chi connectivity index (χ4n) is 1.62. The van der Waals surface area contributed by atoms with Crippen LogP contribution in [0, 0.1) is 13.0 Å². The van der Waals surface area contributed by atoms with Crippen molar-refractivity contribution in [2.45, 2.75) is 6.92 Å².